The Bertz CT molecular complexity index is 312. The first-order valence-electron chi connectivity index (χ1n) is 5.15. The van der Waals surface area contributed by atoms with Crippen LogP contribution in [0.1, 0.15) is 12.1 Å². The largest absolute Gasteiger partial charge is 0.380 e. The fraction of sp³-hybridized carbons (Fsp3) is 0.455. The molecule has 0 bridgehead atoms. The highest BCUT2D eigenvalue weighted by Gasteiger charge is 2.10. The number of rotatable bonds is 6. The van der Waals surface area contributed by atoms with Crippen LogP contribution < -0.4 is 11.1 Å². The summed E-state index contributed by atoms with van der Waals surface area (Å²) in [6, 6.07) is 5.57. The Kier molecular flexibility index (Phi) is 5.45. The van der Waals surface area contributed by atoms with E-state index >= 15 is 0 Å². The number of amides is 1. The van der Waals surface area contributed by atoms with Gasteiger partial charge in [-0.25, -0.2) is 0 Å². The van der Waals surface area contributed by atoms with Crippen LogP contribution in [0.2, 0.25) is 0 Å². The Hall–Kier alpha value is -1.46. The van der Waals surface area contributed by atoms with Crippen LogP contribution in [0, 0.1) is 0 Å². The summed E-state index contributed by atoms with van der Waals surface area (Å²) in [6.45, 7) is 0.772. The van der Waals surface area contributed by atoms with Gasteiger partial charge < -0.3 is 15.8 Å². The number of hydrogen-bond acceptors (Lipinski definition) is 4. The third-order valence-electron chi connectivity index (χ3n) is 2.20. The molecule has 1 aromatic rings. The SMILES string of the molecule is COC(CN)CC(=O)NCc1ccccn1. The molecule has 1 aromatic heterocycles. The number of carbonyl (C=O) groups is 1. The van der Waals surface area contributed by atoms with Crippen LogP contribution in [0.4, 0.5) is 0 Å². The van der Waals surface area contributed by atoms with Gasteiger partial charge in [0.2, 0.25) is 5.91 Å². The minimum atomic E-state index is -0.219. The van der Waals surface area contributed by atoms with Crippen LogP contribution in [-0.4, -0.2) is 30.6 Å². The molecule has 0 aliphatic carbocycles. The first-order chi connectivity index (χ1) is 7.76. The quantitative estimate of drug-likeness (QED) is 0.715. The third-order valence-corrected chi connectivity index (χ3v) is 2.20. The Morgan fingerprint density at radius 2 is 2.44 bits per heavy atom. The number of methoxy groups -OCH3 is 1. The highest BCUT2D eigenvalue weighted by molar-refractivity contribution is 5.76. The van der Waals surface area contributed by atoms with Gasteiger partial charge in [-0.15, -0.1) is 0 Å². The normalized spacial score (nSPS) is 12.1. The van der Waals surface area contributed by atoms with Gasteiger partial charge in [0.05, 0.1) is 24.8 Å². The van der Waals surface area contributed by atoms with Crippen molar-refractivity contribution in [3.05, 3.63) is 30.1 Å². The Morgan fingerprint density at radius 1 is 1.62 bits per heavy atom. The molecule has 1 heterocycles. The highest BCUT2D eigenvalue weighted by Crippen LogP contribution is 1.96. The molecule has 1 amide bonds. The molecule has 16 heavy (non-hydrogen) atoms. The topological polar surface area (TPSA) is 77.2 Å². The number of nitrogens with two attached hydrogens (primary N) is 1. The maximum absolute atomic E-state index is 11.5. The number of carbonyl (C=O) groups excluding carboxylic acids is 1. The summed E-state index contributed by atoms with van der Waals surface area (Å²) in [5.74, 6) is -0.0806. The Balaban J connectivity index is 2.30. The molecule has 0 aromatic carbocycles. The molecule has 88 valence electrons. The molecule has 5 nitrogen and oxygen atoms in total. The zero-order chi connectivity index (χ0) is 11.8. The molecule has 5 heteroatoms. The molecule has 0 aliphatic rings. The molecule has 3 N–H and O–H groups in total. The Labute approximate surface area is 95.0 Å². The fourth-order valence-corrected chi connectivity index (χ4v) is 1.23. The minimum absolute atomic E-state index is 0.0806. The Morgan fingerprint density at radius 3 is 3.00 bits per heavy atom. The van der Waals surface area contributed by atoms with E-state index in [1.54, 1.807) is 13.3 Å². The van der Waals surface area contributed by atoms with Crippen molar-refractivity contribution in [1.82, 2.24) is 10.3 Å². The van der Waals surface area contributed by atoms with Crippen molar-refractivity contribution in [1.29, 1.82) is 0 Å². The van der Waals surface area contributed by atoms with E-state index in [9.17, 15) is 4.79 Å². The van der Waals surface area contributed by atoms with E-state index in [1.165, 1.54) is 0 Å². The van der Waals surface area contributed by atoms with Gasteiger partial charge in [-0.2, -0.15) is 0 Å². The second kappa shape index (κ2) is 6.92. The van der Waals surface area contributed by atoms with Crippen molar-refractivity contribution >= 4 is 5.91 Å². The predicted molar refractivity (Wildman–Crippen MR) is 60.6 cm³/mol. The van der Waals surface area contributed by atoms with Gasteiger partial charge in [0, 0.05) is 19.9 Å². The minimum Gasteiger partial charge on any atom is -0.380 e. The molecule has 0 saturated heterocycles. The van der Waals surface area contributed by atoms with Gasteiger partial charge in [0.1, 0.15) is 0 Å². The average Bonchev–Trinajstić information content (AvgIpc) is 2.34. The molecular formula is C11H17N3O2. The van der Waals surface area contributed by atoms with Crippen LogP contribution >= 0.6 is 0 Å². The van der Waals surface area contributed by atoms with Crippen molar-refractivity contribution in [2.45, 2.75) is 19.1 Å². The monoisotopic (exact) mass is 223 g/mol. The van der Waals surface area contributed by atoms with Crippen molar-refractivity contribution in [2.75, 3.05) is 13.7 Å². The summed E-state index contributed by atoms with van der Waals surface area (Å²) < 4.78 is 5.02. The van der Waals surface area contributed by atoms with E-state index in [2.05, 4.69) is 10.3 Å². The van der Waals surface area contributed by atoms with Crippen LogP contribution in [0.5, 0.6) is 0 Å². The maximum Gasteiger partial charge on any atom is 0.222 e. The van der Waals surface area contributed by atoms with E-state index in [1.807, 2.05) is 18.2 Å². The van der Waals surface area contributed by atoms with Crippen molar-refractivity contribution in [3.63, 3.8) is 0 Å². The van der Waals surface area contributed by atoms with Gasteiger partial charge in [0.25, 0.3) is 0 Å². The molecule has 1 unspecified atom stereocenters. The molecule has 0 radical (unpaired) electrons. The first kappa shape index (κ1) is 12.6. The fourth-order valence-electron chi connectivity index (χ4n) is 1.23. The molecule has 0 spiro atoms. The summed E-state index contributed by atoms with van der Waals surface area (Å²) in [5, 5.41) is 2.76. The molecule has 1 atom stereocenters. The maximum atomic E-state index is 11.5. The number of aromatic nitrogens is 1. The van der Waals surface area contributed by atoms with E-state index in [0.717, 1.165) is 5.69 Å². The van der Waals surface area contributed by atoms with Crippen LogP contribution in [0.15, 0.2) is 24.4 Å². The number of nitrogens with one attached hydrogen (secondary N) is 1. The van der Waals surface area contributed by atoms with Crippen LogP contribution in [-0.2, 0) is 16.1 Å². The second-order valence-corrected chi connectivity index (χ2v) is 3.40. The average molecular weight is 223 g/mol. The van der Waals surface area contributed by atoms with E-state index in [-0.39, 0.29) is 18.4 Å². The third kappa shape index (κ3) is 4.37. The predicted octanol–water partition coefficient (Wildman–Crippen LogP) is 0.0616. The second-order valence-electron chi connectivity index (χ2n) is 3.40. The summed E-state index contributed by atoms with van der Waals surface area (Å²) in [5.41, 5.74) is 6.25. The van der Waals surface area contributed by atoms with Gasteiger partial charge >= 0.3 is 0 Å². The van der Waals surface area contributed by atoms with Gasteiger partial charge in [-0.3, -0.25) is 9.78 Å². The molecular weight excluding hydrogens is 206 g/mol. The number of nitrogens with zero attached hydrogens (tertiary/aromatic N) is 1. The summed E-state index contributed by atoms with van der Waals surface area (Å²) in [6.07, 6.45) is 1.75. The lowest BCUT2D eigenvalue weighted by atomic mass is 10.2. The van der Waals surface area contributed by atoms with Gasteiger partial charge in [-0.1, -0.05) is 6.07 Å². The molecule has 0 saturated carbocycles. The summed E-state index contributed by atoms with van der Waals surface area (Å²) in [7, 11) is 1.55. The van der Waals surface area contributed by atoms with Gasteiger partial charge in [-0.05, 0) is 12.1 Å². The summed E-state index contributed by atoms with van der Waals surface area (Å²) in [4.78, 5) is 15.6. The zero-order valence-electron chi connectivity index (χ0n) is 9.35. The van der Waals surface area contributed by atoms with Crippen molar-refractivity contribution < 1.29 is 9.53 Å². The van der Waals surface area contributed by atoms with E-state index in [4.69, 9.17) is 10.5 Å². The number of hydrogen-bond donors (Lipinski definition) is 2. The van der Waals surface area contributed by atoms with Crippen molar-refractivity contribution in [2.24, 2.45) is 5.73 Å². The van der Waals surface area contributed by atoms with Crippen molar-refractivity contribution in [3.8, 4) is 0 Å². The van der Waals surface area contributed by atoms with Gasteiger partial charge in [0.15, 0.2) is 0 Å². The number of ether oxygens (including phenoxy) is 1. The van der Waals surface area contributed by atoms with Crippen LogP contribution in [0.3, 0.4) is 0 Å². The molecule has 1 rings (SSSR count). The first-order valence-corrected chi connectivity index (χ1v) is 5.15. The van der Waals surface area contributed by atoms with E-state index < -0.39 is 0 Å². The molecule has 0 aliphatic heterocycles. The lowest BCUT2D eigenvalue weighted by molar-refractivity contribution is -0.123. The highest BCUT2D eigenvalue weighted by atomic mass is 16.5. The smallest absolute Gasteiger partial charge is 0.222 e. The lowest BCUT2D eigenvalue weighted by Gasteiger charge is -2.12. The zero-order valence-corrected chi connectivity index (χ0v) is 9.35. The lowest BCUT2D eigenvalue weighted by Crippen LogP contribution is -2.32. The standard InChI is InChI=1S/C11H17N3O2/c1-16-10(7-12)6-11(15)14-8-9-4-2-3-5-13-9/h2-5,10H,6-8,12H2,1H3,(H,14,15). The number of pyridine rings is 1. The molecule has 0 fully saturated rings. The van der Waals surface area contributed by atoms with Crippen LogP contribution in [0.25, 0.3) is 0 Å². The summed E-state index contributed by atoms with van der Waals surface area (Å²) >= 11 is 0. The van der Waals surface area contributed by atoms with E-state index in [0.29, 0.717) is 13.1 Å².